The first-order chi connectivity index (χ1) is 14.1. The van der Waals surface area contributed by atoms with E-state index in [0.29, 0.717) is 24.0 Å². The summed E-state index contributed by atoms with van der Waals surface area (Å²) in [6, 6.07) is 0.454. The fourth-order valence-electron chi connectivity index (χ4n) is 3.76. The van der Waals surface area contributed by atoms with Gasteiger partial charge in [-0.25, -0.2) is 23.2 Å². The number of nitrogens with zero attached hydrogens (tertiary/aromatic N) is 3. The standard InChI is InChI=1S/C17H21F3N6O3S/c18-17(19,20)14(10-3-4-10)30(28,29)26-7-1-2-11(9-26)23-16(27)25-13-8-22-15-12(24-13)5-6-21-15/h5-6,8,10-11,14H,1-4,7,9H2,(H,21,22)(H2,23,24,25,27). The molecule has 3 heterocycles. The number of H-pyrrole nitrogens is 1. The van der Waals surface area contributed by atoms with Gasteiger partial charge >= 0.3 is 12.2 Å². The number of anilines is 1. The monoisotopic (exact) mass is 446 g/mol. The number of sulfonamides is 1. The average molecular weight is 446 g/mol. The number of piperidine rings is 1. The summed E-state index contributed by atoms with van der Waals surface area (Å²) in [6.07, 6.45) is -0.466. The maximum Gasteiger partial charge on any atom is 0.407 e. The summed E-state index contributed by atoms with van der Waals surface area (Å²) < 4.78 is 66.4. The van der Waals surface area contributed by atoms with Crippen molar-refractivity contribution in [3.8, 4) is 0 Å². The van der Waals surface area contributed by atoms with Crippen LogP contribution in [0.2, 0.25) is 0 Å². The van der Waals surface area contributed by atoms with E-state index in [1.54, 1.807) is 12.3 Å². The summed E-state index contributed by atoms with van der Waals surface area (Å²) in [7, 11) is -4.55. The molecule has 2 atom stereocenters. The Morgan fingerprint density at radius 2 is 2.07 bits per heavy atom. The van der Waals surface area contributed by atoms with Gasteiger partial charge in [-0.2, -0.15) is 17.5 Å². The number of carbonyl (C=O) groups is 1. The number of hydrogen-bond donors (Lipinski definition) is 3. The Morgan fingerprint density at radius 1 is 1.30 bits per heavy atom. The second-order valence-corrected chi connectivity index (χ2v) is 9.66. The van der Waals surface area contributed by atoms with Gasteiger partial charge in [0.05, 0.1) is 6.20 Å². The Morgan fingerprint density at radius 3 is 2.77 bits per heavy atom. The van der Waals surface area contributed by atoms with Crippen LogP contribution in [0.3, 0.4) is 0 Å². The number of nitrogens with one attached hydrogen (secondary N) is 3. The van der Waals surface area contributed by atoms with Gasteiger partial charge in [-0.3, -0.25) is 5.32 Å². The van der Waals surface area contributed by atoms with Crippen LogP contribution in [-0.2, 0) is 10.0 Å². The second-order valence-electron chi connectivity index (χ2n) is 7.61. The molecule has 164 valence electrons. The number of fused-ring (bicyclic) bond motifs is 1. The van der Waals surface area contributed by atoms with E-state index in [2.05, 4.69) is 25.6 Å². The van der Waals surface area contributed by atoms with Crippen LogP contribution in [0.15, 0.2) is 18.5 Å². The number of aromatic nitrogens is 3. The van der Waals surface area contributed by atoms with Crippen molar-refractivity contribution in [2.45, 2.75) is 43.2 Å². The third kappa shape index (κ3) is 4.36. The van der Waals surface area contributed by atoms with Crippen LogP contribution in [0.4, 0.5) is 23.8 Å². The van der Waals surface area contributed by atoms with Gasteiger partial charge in [0.2, 0.25) is 10.0 Å². The molecule has 2 unspecified atom stereocenters. The van der Waals surface area contributed by atoms with E-state index >= 15 is 0 Å². The molecule has 1 aliphatic heterocycles. The molecule has 30 heavy (non-hydrogen) atoms. The van der Waals surface area contributed by atoms with Crippen molar-refractivity contribution in [3.05, 3.63) is 18.5 Å². The predicted octanol–water partition coefficient (Wildman–Crippen LogP) is 2.21. The summed E-state index contributed by atoms with van der Waals surface area (Å²) >= 11 is 0. The van der Waals surface area contributed by atoms with E-state index in [4.69, 9.17) is 0 Å². The van der Waals surface area contributed by atoms with Crippen LogP contribution in [0, 0.1) is 5.92 Å². The van der Waals surface area contributed by atoms with E-state index < -0.39 is 39.4 Å². The third-order valence-electron chi connectivity index (χ3n) is 5.28. The highest BCUT2D eigenvalue weighted by molar-refractivity contribution is 7.89. The summed E-state index contributed by atoms with van der Waals surface area (Å²) in [5.74, 6) is -0.681. The summed E-state index contributed by atoms with van der Waals surface area (Å²) in [5, 5.41) is 2.76. The molecule has 2 aromatic heterocycles. The van der Waals surface area contributed by atoms with Crippen molar-refractivity contribution in [1.29, 1.82) is 0 Å². The molecular formula is C17H21F3N6O3S. The van der Waals surface area contributed by atoms with Crippen molar-refractivity contribution < 1.29 is 26.4 Å². The minimum Gasteiger partial charge on any atom is -0.345 e. The minimum absolute atomic E-state index is 0.0110. The first-order valence-corrected chi connectivity index (χ1v) is 11.1. The van der Waals surface area contributed by atoms with Gasteiger partial charge in [0.25, 0.3) is 0 Å². The Hall–Kier alpha value is -2.41. The minimum atomic E-state index is -4.81. The molecule has 2 fully saturated rings. The zero-order chi connectivity index (χ0) is 21.5. The number of alkyl halides is 3. The number of aromatic amines is 1. The Labute approximate surface area is 170 Å². The van der Waals surface area contributed by atoms with Crippen molar-refractivity contribution >= 4 is 33.0 Å². The summed E-state index contributed by atoms with van der Waals surface area (Å²) in [6.45, 7) is -0.186. The maximum atomic E-state index is 13.4. The number of halogens is 3. The number of carbonyl (C=O) groups excluding carboxylic acids is 1. The first kappa shape index (κ1) is 20.8. The molecule has 3 N–H and O–H groups in total. The van der Waals surface area contributed by atoms with Crippen molar-refractivity contribution in [2.24, 2.45) is 5.92 Å². The average Bonchev–Trinajstić information content (AvgIpc) is 3.35. The molecule has 0 bridgehead atoms. The molecule has 2 aliphatic rings. The highest BCUT2D eigenvalue weighted by Gasteiger charge is 2.58. The molecule has 2 aromatic rings. The van der Waals surface area contributed by atoms with E-state index in [1.165, 1.54) is 6.20 Å². The lowest BCUT2D eigenvalue weighted by molar-refractivity contribution is -0.134. The molecule has 0 radical (unpaired) electrons. The Bertz CT molecular complexity index is 1040. The maximum absolute atomic E-state index is 13.4. The van der Waals surface area contributed by atoms with Crippen molar-refractivity contribution in [3.63, 3.8) is 0 Å². The first-order valence-electron chi connectivity index (χ1n) is 9.58. The van der Waals surface area contributed by atoms with Crippen LogP contribution in [-0.4, -0.2) is 64.3 Å². The molecular weight excluding hydrogens is 425 g/mol. The van der Waals surface area contributed by atoms with E-state index in [1.807, 2.05) is 0 Å². The summed E-state index contributed by atoms with van der Waals surface area (Å²) in [5.41, 5.74) is 1.12. The second kappa shape index (κ2) is 7.69. The predicted molar refractivity (Wildman–Crippen MR) is 102 cm³/mol. The summed E-state index contributed by atoms with van der Waals surface area (Å²) in [4.78, 5) is 23.4. The number of amides is 2. The van der Waals surface area contributed by atoms with Gasteiger partial charge in [0.1, 0.15) is 5.52 Å². The van der Waals surface area contributed by atoms with Crippen molar-refractivity contribution in [1.82, 2.24) is 24.6 Å². The van der Waals surface area contributed by atoms with Crippen molar-refractivity contribution in [2.75, 3.05) is 18.4 Å². The molecule has 4 rings (SSSR count). The zero-order valence-corrected chi connectivity index (χ0v) is 16.6. The van der Waals surface area contributed by atoms with Gasteiger partial charge in [0, 0.05) is 25.3 Å². The Balaban J connectivity index is 1.40. The molecule has 13 heteroatoms. The van der Waals surface area contributed by atoms with Gasteiger partial charge in [-0.1, -0.05) is 0 Å². The van der Waals surface area contributed by atoms with Gasteiger partial charge in [-0.05, 0) is 37.7 Å². The van der Waals surface area contributed by atoms with Crippen LogP contribution in [0.5, 0.6) is 0 Å². The Kier molecular flexibility index (Phi) is 5.34. The van der Waals surface area contributed by atoms with Gasteiger partial charge in [0.15, 0.2) is 16.7 Å². The van der Waals surface area contributed by atoms with E-state index in [9.17, 15) is 26.4 Å². The van der Waals surface area contributed by atoms with Gasteiger partial charge < -0.3 is 10.3 Å². The molecule has 1 saturated carbocycles. The highest BCUT2D eigenvalue weighted by atomic mass is 32.2. The normalized spacial score (nSPS) is 22.0. The third-order valence-corrected chi connectivity index (χ3v) is 7.62. The van der Waals surface area contributed by atoms with Crippen LogP contribution in [0.1, 0.15) is 25.7 Å². The molecule has 0 aromatic carbocycles. The van der Waals surface area contributed by atoms with Crippen LogP contribution in [0.25, 0.3) is 11.2 Å². The molecule has 9 nitrogen and oxygen atoms in total. The van der Waals surface area contributed by atoms with E-state index in [-0.39, 0.29) is 31.7 Å². The smallest absolute Gasteiger partial charge is 0.345 e. The number of urea groups is 1. The number of rotatable bonds is 5. The fourth-order valence-corrected chi connectivity index (χ4v) is 5.95. The molecule has 1 aliphatic carbocycles. The lowest BCUT2D eigenvalue weighted by Gasteiger charge is -2.35. The van der Waals surface area contributed by atoms with E-state index in [0.717, 1.165) is 4.31 Å². The largest absolute Gasteiger partial charge is 0.407 e. The lowest BCUT2D eigenvalue weighted by Crippen LogP contribution is -2.55. The molecule has 2 amide bonds. The fraction of sp³-hybridized carbons (Fsp3) is 0.588. The topological polar surface area (TPSA) is 120 Å². The lowest BCUT2D eigenvalue weighted by atomic mass is 10.1. The SMILES string of the molecule is O=C(Nc1cnc2[nH]ccc2n1)NC1CCCN(S(=O)(=O)C(C2CC2)C(F)(F)F)C1. The highest BCUT2D eigenvalue weighted by Crippen LogP contribution is 2.45. The van der Waals surface area contributed by atoms with Gasteiger partial charge in [-0.15, -0.1) is 0 Å². The quantitative estimate of drug-likeness (QED) is 0.651. The molecule has 0 spiro atoms. The number of hydrogen-bond acceptors (Lipinski definition) is 5. The van der Waals surface area contributed by atoms with Crippen LogP contribution >= 0.6 is 0 Å². The zero-order valence-electron chi connectivity index (χ0n) is 15.8. The molecule has 1 saturated heterocycles. The van der Waals surface area contributed by atoms with Crippen LogP contribution < -0.4 is 10.6 Å².